The lowest BCUT2D eigenvalue weighted by Gasteiger charge is -2.27. The lowest BCUT2D eigenvalue weighted by Crippen LogP contribution is -2.29. The van der Waals surface area contributed by atoms with Gasteiger partial charge in [-0.3, -0.25) is 4.18 Å². The summed E-state index contributed by atoms with van der Waals surface area (Å²) in [6.45, 7) is 3.94. The van der Waals surface area contributed by atoms with Gasteiger partial charge < -0.3 is 9.47 Å². The third kappa shape index (κ3) is 4.11. The molecule has 0 radical (unpaired) electrons. The summed E-state index contributed by atoms with van der Waals surface area (Å²) in [4.78, 5) is 0. The zero-order valence-corrected chi connectivity index (χ0v) is 12.8. The highest BCUT2D eigenvalue weighted by Crippen LogP contribution is 2.37. The molecular weight excluding hydrogens is 280 g/mol. The fourth-order valence-electron chi connectivity index (χ4n) is 2.10. The fourth-order valence-corrected chi connectivity index (χ4v) is 2.50. The molecule has 5 nitrogen and oxygen atoms in total. The lowest BCUT2D eigenvalue weighted by molar-refractivity contribution is 0.105. The topological polar surface area (TPSA) is 61.8 Å². The van der Waals surface area contributed by atoms with E-state index in [0.29, 0.717) is 11.5 Å². The van der Waals surface area contributed by atoms with E-state index in [1.807, 2.05) is 32.0 Å². The van der Waals surface area contributed by atoms with Crippen molar-refractivity contribution in [1.82, 2.24) is 0 Å². The van der Waals surface area contributed by atoms with Gasteiger partial charge in [-0.05, 0) is 38.3 Å². The molecule has 0 aliphatic carbocycles. The third-order valence-electron chi connectivity index (χ3n) is 2.91. The number of hydrogen-bond donors (Lipinski definition) is 0. The zero-order chi connectivity index (χ0) is 14.8. The van der Waals surface area contributed by atoms with E-state index in [1.54, 1.807) is 0 Å². The molecule has 1 atom stereocenters. The van der Waals surface area contributed by atoms with Crippen molar-refractivity contribution in [3.8, 4) is 11.5 Å². The molecule has 20 heavy (non-hydrogen) atoms. The van der Waals surface area contributed by atoms with Crippen LogP contribution in [0, 0.1) is 0 Å². The van der Waals surface area contributed by atoms with Gasteiger partial charge in [0.15, 0.2) is 11.5 Å². The number of fused-ring (bicyclic) bond motifs is 1. The van der Waals surface area contributed by atoms with E-state index < -0.39 is 10.1 Å². The monoisotopic (exact) mass is 300 g/mol. The Hall–Kier alpha value is -1.27. The maximum absolute atomic E-state index is 11.0. The van der Waals surface area contributed by atoms with Gasteiger partial charge in [-0.15, -0.1) is 0 Å². The van der Waals surface area contributed by atoms with Crippen LogP contribution in [0.2, 0.25) is 0 Å². The highest BCUT2D eigenvalue weighted by Gasteiger charge is 2.24. The molecule has 1 unspecified atom stereocenters. The molecule has 0 spiro atoms. The molecule has 0 N–H and O–H groups in total. The molecule has 0 saturated heterocycles. The van der Waals surface area contributed by atoms with Gasteiger partial charge in [0.1, 0.15) is 12.7 Å². The van der Waals surface area contributed by atoms with Crippen molar-refractivity contribution in [2.45, 2.75) is 38.9 Å². The van der Waals surface area contributed by atoms with Crippen molar-refractivity contribution in [3.63, 3.8) is 0 Å². The molecule has 1 aliphatic rings. The van der Waals surface area contributed by atoms with Crippen LogP contribution in [-0.2, 0) is 20.7 Å². The first kappa shape index (κ1) is 15.1. The molecular formula is C14H20O5S. The summed E-state index contributed by atoms with van der Waals surface area (Å²) >= 11 is 0. The van der Waals surface area contributed by atoms with E-state index in [9.17, 15) is 8.42 Å². The SMILES string of the molecule is CC(C)Oc1cccc2c1OC(COS(C)(=O)=O)CC2. The number of hydrogen-bond acceptors (Lipinski definition) is 5. The molecule has 2 rings (SSSR count). The Bertz CT molecular complexity index is 565. The zero-order valence-electron chi connectivity index (χ0n) is 12.0. The molecule has 1 aromatic rings. The summed E-state index contributed by atoms with van der Waals surface area (Å²) in [5, 5.41) is 0. The van der Waals surface area contributed by atoms with E-state index in [4.69, 9.17) is 13.7 Å². The van der Waals surface area contributed by atoms with Gasteiger partial charge in [0, 0.05) is 0 Å². The Kier molecular flexibility index (Phi) is 4.55. The lowest BCUT2D eigenvalue weighted by atomic mass is 10.0. The van der Waals surface area contributed by atoms with Crippen molar-refractivity contribution >= 4 is 10.1 Å². The number of aryl methyl sites for hydroxylation is 1. The molecule has 6 heteroatoms. The largest absolute Gasteiger partial charge is 0.487 e. The van der Waals surface area contributed by atoms with Gasteiger partial charge in [-0.1, -0.05) is 12.1 Å². The van der Waals surface area contributed by atoms with Crippen LogP contribution >= 0.6 is 0 Å². The van der Waals surface area contributed by atoms with Crippen molar-refractivity contribution in [1.29, 1.82) is 0 Å². The first-order valence-electron chi connectivity index (χ1n) is 6.65. The average molecular weight is 300 g/mol. The smallest absolute Gasteiger partial charge is 0.264 e. The van der Waals surface area contributed by atoms with E-state index in [-0.39, 0.29) is 18.8 Å². The minimum absolute atomic E-state index is 0.0360. The van der Waals surface area contributed by atoms with Crippen LogP contribution in [0.25, 0.3) is 0 Å². The Balaban J connectivity index is 2.11. The average Bonchev–Trinajstić information content (AvgIpc) is 2.35. The van der Waals surface area contributed by atoms with Gasteiger partial charge in [-0.2, -0.15) is 8.42 Å². The van der Waals surface area contributed by atoms with Crippen molar-refractivity contribution in [3.05, 3.63) is 23.8 Å². The van der Waals surface area contributed by atoms with E-state index >= 15 is 0 Å². The maximum atomic E-state index is 11.0. The van der Waals surface area contributed by atoms with E-state index in [2.05, 4.69) is 0 Å². The molecule has 0 aromatic heterocycles. The van der Waals surface area contributed by atoms with Gasteiger partial charge in [0.05, 0.1) is 12.4 Å². The van der Waals surface area contributed by atoms with E-state index in [0.717, 1.165) is 24.7 Å². The Morgan fingerprint density at radius 2 is 2.15 bits per heavy atom. The maximum Gasteiger partial charge on any atom is 0.264 e. The Morgan fingerprint density at radius 3 is 2.80 bits per heavy atom. The molecule has 112 valence electrons. The number of benzene rings is 1. The molecule has 0 saturated carbocycles. The normalized spacial score (nSPS) is 18.5. The fraction of sp³-hybridized carbons (Fsp3) is 0.571. The van der Waals surface area contributed by atoms with Gasteiger partial charge in [0.2, 0.25) is 0 Å². The predicted molar refractivity (Wildman–Crippen MR) is 75.7 cm³/mol. The van der Waals surface area contributed by atoms with Crippen molar-refractivity contribution < 1.29 is 22.1 Å². The Labute approximate surface area is 120 Å². The van der Waals surface area contributed by atoms with Crippen LogP contribution in [0.1, 0.15) is 25.8 Å². The van der Waals surface area contributed by atoms with Crippen LogP contribution in [0.4, 0.5) is 0 Å². The summed E-state index contributed by atoms with van der Waals surface area (Å²) in [6, 6.07) is 5.79. The quantitative estimate of drug-likeness (QED) is 0.780. The number of ether oxygens (including phenoxy) is 2. The van der Waals surface area contributed by atoms with Crippen molar-refractivity contribution in [2.24, 2.45) is 0 Å². The second-order valence-corrected chi connectivity index (χ2v) is 6.82. The highest BCUT2D eigenvalue weighted by atomic mass is 32.2. The van der Waals surface area contributed by atoms with Gasteiger partial charge >= 0.3 is 0 Å². The number of rotatable bonds is 5. The third-order valence-corrected chi connectivity index (χ3v) is 3.48. The van der Waals surface area contributed by atoms with Crippen molar-refractivity contribution in [2.75, 3.05) is 12.9 Å². The van der Waals surface area contributed by atoms with Crippen LogP contribution in [-0.4, -0.2) is 33.5 Å². The van der Waals surface area contributed by atoms with Crippen LogP contribution in [0.3, 0.4) is 0 Å². The molecule has 1 aliphatic heterocycles. The van der Waals surface area contributed by atoms with Gasteiger partial charge in [0.25, 0.3) is 10.1 Å². The molecule has 0 amide bonds. The predicted octanol–water partition coefficient (Wildman–Crippen LogP) is 2.14. The highest BCUT2D eigenvalue weighted by molar-refractivity contribution is 7.85. The Morgan fingerprint density at radius 1 is 1.40 bits per heavy atom. The number of para-hydroxylation sites is 1. The summed E-state index contributed by atoms with van der Waals surface area (Å²) in [6.07, 6.45) is 2.37. The first-order chi connectivity index (χ1) is 9.35. The summed E-state index contributed by atoms with van der Waals surface area (Å²) in [5.74, 6) is 1.40. The van der Waals surface area contributed by atoms with E-state index in [1.165, 1.54) is 0 Å². The van der Waals surface area contributed by atoms with Crippen LogP contribution in [0.5, 0.6) is 11.5 Å². The summed E-state index contributed by atoms with van der Waals surface area (Å²) in [5.41, 5.74) is 1.08. The first-order valence-corrected chi connectivity index (χ1v) is 8.46. The standard InChI is InChI=1S/C14H20O5S/c1-10(2)18-13-6-4-5-11-7-8-12(19-14(11)13)9-17-20(3,15)16/h4-6,10,12H,7-9H2,1-3H3. The van der Waals surface area contributed by atoms with Crippen LogP contribution in [0.15, 0.2) is 18.2 Å². The second-order valence-electron chi connectivity index (χ2n) is 5.18. The molecule has 0 bridgehead atoms. The molecule has 1 heterocycles. The summed E-state index contributed by atoms with van der Waals surface area (Å²) < 4.78 is 38.4. The van der Waals surface area contributed by atoms with Crippen LogP contribution < -0.4 is 9.47 Å². The second kappa shape index (κ2) is 6.01. The molecule has 1 aromatic carbocycles. The minimum atomic E-state index is -3.44. The van der Waals surface area contributed by atoms with Gasteiger partial charge in [-0.25, -0.2) is 0 Å². The minimum Gasteiger partial charge on any atom is -0.487 e. The summed E-state index contributed by atoms with van der Waals surface area (Å²) in [7, 11) is -3.44. The molecule has 0 fully saturated rings.